The van der Waals surface area contributed by atoms with Crippen molar-refractivity contribution >= 4 is 17.9 Å². The molecule has 0 saturated heterocycles. The van der Waals surface area contributed by atoms with Crippen LogP contribution in [0.15, 0.2) is 18.2 Å². The monoisotopic (exact) mass is 490 g/mol. The summed E-state index contributed by atoms with van der Waals surface area (Å²) >= 11 is 0. The van der Waals surface area contributed by atoms with Crippen LogP contribution in [-0.2, 0) is 4.74 Å². The third kappa shape index (κ3) is 10.8. The van der Waals surface area contributed by atoms with Gasteiger partial charge in [-0.3, -0.25) is 0 Å². The summed E-state index contributed by atoms with van der Waals surface area (Å²) in [5.41, 5.74) is -1.15. The molecule has 0 aliphatic rings. The molecule has 0 heterocycles. The topological polar surface area (TPSA) is 101 Å². The second-order valence-corrected chi connectivity index (χ2v) is 9.79. The summed E-state index contributed by atoms with van der Waals surface area (Å²) in [6, 6.07) is 3.85. The minimum Gasteiger partial charge on any atom is -0.478 e. The van der Waals surface area contributed by atoms with Gasteiger partial charge in [-0.15, -0.1) is 0 Å². The Kier molecular flexibility index (Phi) is 15.0. The number of aromatic carboxylic acids is 2. The summed E-state index contributed by atoms with van der Waals surface area (Å²) in [5.74, 6) is -1.59. The summed E-state index contributed by atoms with van der Waals surface area (Å²) in [6.07, 6.45) is 14.0. The number of carboxylic acids is 2. The molecule has 198 valence electrons. The SMILES string of the molecule is CCCCC(CC)CC(CCCOC(=O)c1cccc(C(=O)O)c1C(=O)O)CC(CC)CCCC. The quantitative estimate of drug-likeness (QED) is 0.151. The number of carbonyl (C=O) groups is 3. The van der Waals surface area contributed by atoms with Crippen LogP contribution in [0.4, 0.5) is 0 Å². The molecule has 0 aliphatic carbocycles. The van der Waals surface area contributed by atoms with Crippen molar-refractivity contribution in [1.82, 2.24) is 0 Å². The van der Waals surface area contributed by atoms with Gasteiger partial charge in [-0.05, 0) is 55.6 Å². The van der Waals surface area contributed by atoms with Gasteiger partial charge in [0.25, 0.3) is 0 Å². The van der Waals surface area contributed by atoms with Crippen molar-refractivity contribution in [1.29, 1.82) is 0 Å². The molecule has 2 N–H and O–H groups in total. The predicted molar refractivity (Wildman–Crippen MR) is 139 cm³/mol. The van der Waals surface area contributed by atoms with Crippen LogP contribution in [0.5, 0.6) is 0 Å². The number of esters is 1. The van der Waals surface area contributed by atoms with Crippen molar-refractivity contribution in [3.63, 3.8) is 0 Å². The average molecular weight is 491 g/mol. The first-order valence-electron chi connectivity index (χ1n) is 13.5. The van der Waals surface area contributed by atoms with E-state index in [0.717, 1.165) is 18.3 Å². The zero-order valence-corrected chi connectivity index (χ0v) is 22.2. The maximum absolute atomic E-state index is 12.6. The third-order valence-corrected chi connectivity index (χ3v) is 7.14. The van der Waals surface area contributed by atoms with Crippen LogP contribution in [0.1, 0.15) is 136 Å². The lowest BCUT2D eigenvalue weighted by Crippen LogP contribution is -2.17. The van der Waals surface area contributed by atoms with Crippen LogP contribution in [0.25, 0.3) is 0 Å². The van der Waals surface area contributed by atoms with E-state index in [-0.39, 0.29) is 12.2 Å². The minimum absolute atomic E-state index is 0.198. The smallest absolute Gasteiger partial charge is 0.339 e. The summed E-state index contributed by atoms with van der Waals surface area (Å²) in [7, 11) is 0. The Balaban J connectivity index is 2.80. The van der Waals surface area contributed by atoms with Crippen LogP contribution in [-0.4, -0.2) is 34.7 Å². The summed E-state index contributed by atoms with van der Waals surface area (Å²) < 4.78 is 5.40. The Labute approximate surface area is 211 Å². The lowest BCUT2D eigenvalue weighted by Gasteiger charge is -2.27. The fraction of sp³-hybridized carbons (Fsp3) is 0.690. The normalized spacial score (nSPS) is 13.7. The molecule has 0 saturated carbocycles. The van der Waals surface area contributed by atoms with Crippen molar-refractivity contribution in [3.8, 4) is 0 Å². The van der Waals surface area contributed by atoms with E-state index in [0.29, 0.717) is 12.3 Å². The van der Waals surface area contributed by atoms with E-state index in [9.17, 15) is 24.6 Å². The fourth-order valence-electron chi connectivity index (χ4n) is 4.98. The summed E-state index contributed by atoms with van der Waals surface area (Å²) in [6.45, 7) is 9.22. The fourth-order valence-corrected chi connectivity index (χ4v) is 4.98. The lowest BCUT2D eigenvalue weighted by atomic mass is 9.80. The number of ether oxygens (including phenoxy) is 1. The minimum atomic E-state index is -1.45. The van der Waals surface area contributed by atoms with Crippen LogP contribution < -0.4 is 0 Å². The Morgan fingerprint density at radius 3 is 1.71 bits per heavy atom. The molecule has 6 nitrogen and oxygen atoms in total. The Hall–Kier alpha value is -2.37. The zero-order valence-electron chi connectivity index (χ0n) is 22.2. The molecule has 0 aliphatic heterocycles. The van der Waals surface area contributed by atoms with Crippen molar-refractivity contribution in [2.75, 3.05) is 6.61 Å². The highest BCUT2D eigenvalue weighted by molar-refractivity contribution is 6.09. The lowest BCUT2D eigenvalue weighted by molar-refractivity contribution is 0.0479. The molecule has 1 aromatic carbocycles. The van der Waals surface area contributed by atoms with E-state index in [4.69, 9.17) is 4.74 Å². The first kappa shape index (κ1) is 30.7. The average Bonchev–Trinajstić information content (AvgIpc) is 2.85. The molecular weight excluding hydrogens is 444 g/mol. The molecule has 0 aromatic heterocycles. The molecule has 0 radical (unpaired) electrons. The van der Waals surface area contributed by atoms with Gasteiger partial charge in [0.1, 0.15) is 0 Å². The predicted octanol–water partition coefficient (Wildman–Crippen LogP) is 7.85. The van der Waals surface area contributed by atoms with E-state index in [1.165, 1.54) is 82.4 Å². The molecule has 35 heavy (non-hydrogen) atoms. The standard InChI is InChI=1S/C29H46O6/c1-5-9-13-21(7-3)19-23(20-22(8-4)14-10-6-2)15-12-18-35-29(34)25-17-11-16-24(27(30)31)26(25)28(32)33/h11,16-17,21-23H,5-10,12-15,18-20H2,1-4H3,(H,30,31)(H,32,33). The van der Waals surface area contributed by atoms with Crippen LogP contribution in [0, 0.1) is 17.8 Å². The van der Waals surface area contributed by atoms with Crippen LogP contribution >= 0.6 is 0 Å². The molecule has 0 bridgehead atoms. The highest BCUT2D eigenvalue weighted by Gasteiger charge is 2.25. The summed E-state index contributed by atoms with van der Waals surface area (Å²) in [5, 5.41) is 18.7. The van der Waals surface area contributed by atoms with Gasteiger partial charge in [-0.1, -0.05) is 85.1 Å². The first-order valence-corrected chi connectivity index (χ1v) is 13.5. The maximum atomic E-state index is 12.6. The molecular formula is C29H46O6. The molecule has 1 rings (SSSR count). The van der Waals surface area contributed by atoms with Gasteiger partial charge >= 0.3 is 17.9 Å². The second kappa shape index (κ2) is 17.1. The summed E-state index contributed by atoms with van der Waals surface area (Å²) in [4.78, 5) is 35.6. The molecule has 1 aromatic rings. The molecule has 6 heteroatoms. The van der Waals surface area contributed by atoms with Crippen molar-refractivity contribution in [2.45, 2.75) is 105 Å². The van der Waals surface area contributed by atoms with Crippen LogP contribution in [0.3, 0.4) is 0 Å². The number of hydrogen-bond donors (Lipinski definition) is 2. The Morgan fingerprint density at radius 2 is 1.26 bits per heavy atom. The molecule has 2 unspecified atom stereocenters. The Morgan fingerprint density at radius 1 is 0.743 bits per heavy atom. The van der Waals surface area contributed by atoms with E-state index >= 15 is 0 Å². The van der Waals surface area contributed by atoms with Gasteiger partial charge in [0.2, 0.25) is 0 Å². The highest BCUT2D eigenvalue weighted by Crippen LogP contribution is 2.32. The highest BCUT2D eigenvalue weighted by atomic mass is 16.5. The van der Waals surface area contributed by atoms with Gasteiger partial charge in [0.15, 0.2) is 0 Å². The van der Waals surface area contributed by atoms with Crippen LogP contribution in [0.2, 0.25) is 0 Å². The van der Waals surface area contributed by atoms with Gasteiger partial charge in [-0.2, -0.15) is 0 Å². The molecule has 0 fully saturated rings. The zero-order chi connectivity index (χ0) is 26.2. The first-order chi connectivity index (χ1) is 16.8. The van der Waals surface area contributed by atoms with Gasteiger partial charge in [-0.25, -0.2) is 14.4 Å². The molecule has 0 amide bonds. The van der Waals surface area contributed by atoms with E-state index in [2.05, 4.69) is 27.7 Å². The van der Waals surface area contributed by atoms with E-state index in [1.807, 2.05) is 0 Å². The van der Waals surface area contributed by atoms with E-state index in [1.54, 1.807) is 0 Å². The molecule has 0 spiro atoms. The maximum Gasteiger partial charge on any atom is 0.339 e. The number of hydrogen-bond acceptors (Lipinski definition) is 4. The Bertz CT molecular complexity index is 769. The largest absolute Gasteiger partial charge is 0.478 e. The van der Waals surface area contributed by atoms with Crippen molar-refractivity contribution < 1.29 is 29.3 Å². The number of benzene rings is 1. The van der Waals surface area contributed by atoms with Crippen molar-refractivity contribution in [3.05, 3.63) is 34.9 Å². The van der Waals surface area contributed by atoms with Gasteiger partial charge < -0.3 is 14.9 Å². The second-order valence-electron chi connectivity index (χ2n) is 9.79. The van der Waals surface area contributed by atoms with Gasteiger partial charge in [0, 0.05) is 0 Å². The van der Waals surface area contributed by atoms with Gasteiger partial charge in [0.05, 0.1) is 23.3 Å². The van der Waals surface area contributed by atoms with E-state index < -0.39 is 29.0 Å². The number of carboxylic acid groups (broad SMARTS) is 2. The number of unbranched alkanes of at least 4 members (excludes halogenated alkanes) is 2. The number of carbonyl (C=O) groups excluding carboxylic acids is 1. The third-order valence-electron chi connectivity index (χ3n) is 7.14. The molecule has 2 atom stereocenters. The number of rotatable bonds is 19. The van der Waals surface area contributed by atoms with Crippen molar-refractivity contribution in [2.24, 2.45) is 17.8 Å².